The van der Waals surface area contributed by atoms with Crippen LogP contribution in [-0.4, -0.2) is 18.5 Å². The number of allylic oxidation sites excluding steroid dienone is 1. The molecule has 0 aliphatic carbocycles. The summed E-state index contributed by atoms with van der Waals surface area (Å²) < 4.78 is 0. The van der Waals surface area contributed by atoms with Crippen LogP contribution in [0, 0.1) is 0 Å². The highest BCUT2D eigenvalue weighted by atomic mass is 16.1. The van der Waals surface area contributed by atoms with Gasteiger partial charge in [0.2, 0.25) is 5.91 Å². The molecule has 1 amide bonds. The first kappa shape index (κ1) is 13.2. The third-order valence-corrected chi connectivity index (χ3v) is 2.32. The van der Waals surface area contributed by atoms with Gasteiger partial charge in [-0.25, -0.2) is 0 Å². The Kier molecular flexibility index (Phi) is 5.46. The van der Waals surface area contributed by atoms with Gasteiger partial charge in [0, 0.05) is 19.0 Å². The van der Waals surface area contributed by atoms with Gasteiger partial charge >= 0.3 is 0 Å². The minimum Gasteiger partial charge on any atom is -0.359 e. The molecule has 3 N–H and O–H groups in total. The Hall–Kier alpha value is -0.830. The topological polar surface area (TPSA) is 55.1 Å². The lowest BCUT2D eigenvalue weighted by Gasteiger charge is -2.24. The Morgan fingerprint density at radius 3 is 2.36 bits per heavy atom. The fourth-order valence-electron chi connectivity index (χ4n) is 1.15. The summed E-state index contributed by atoms with van der Waals surface area (Å²) >= 11 is 0. The van der Waals surface area contributed by atoms with Crippen molar-refractivity contribution in [2.45, 2.75) is 45.1 Å². The predicted molar refractivity (Wildman–Crippen MR) is 59.9 cm³/mol. The minimum absolute atomic E-state index is 0.0528. The molecule has 0 heterocycles. The third-order valence-electron chi connectivity index (χ3n) is 2.32. The van der Waals surface area contributed by atoms with E-state index < -0.39 is 0 Å². The SMILES string of the molecule is C=C(C)CCC(C)(N)CCC(=O)NC. The van der Waals surface area contributed by atoms with Crippen molar-refractivity contribution in [2.75, 3.05) is 7.05 Å². The van der Waals surface area contributed by atoms with Crippen molar-refractivity contribution in [1.82, 2.24) is 5.32 Å². The average molecular weight is 198 g/mol. The van der Waals surface area contributed by atoms with Crippen LogP contribution in [-0.2, 0) is 4.79 Å². The number of hydrogen-bond acceptors (Lipinski definition) is 2. The number of nitrogens with two attached hydrogens (primary N) is 1. The van der Waals surface area contributed by atoms with Crippen LogP contribution in [0.4, 0.5) is 0 Å². The van der Waals surface area contributed by atoms with E-state index in [0.29, 0.717) is 6.42 Å². The lowest BCUT2D eigenvalue weighted by Crippen LogP contribution is -2.37. The van der Waals surface area contributed by atoms with Gasteiger partial charge in [0.05, 0.1) is 0 Å². The molecule has 0 bridgehead atoms. The third kappa shape index (κ3) is 6.66. The highest BCUT2D eigenvalue weighted by molar-refractivity contribution is 5.75. The lowest BCUT2D eigenvalue weighted by molar-refractivity contribution is -0.120. The molecular formula is C11H22N2O. The molecular weight excluding hydrogens is 176 g/mol. The molecule has 0 saturated carbocycles. The van der Waals surface area contributed by atoms with Crippen LogP contribution in [0.3, 0.4) is 0 Å². The second-order valence-electron chi connectivity index (χ2n) is 4.28. The number of hydrogen-bond donors (Lipinski definition) is 2. The molecule has 14 heavy (non-hydrogen) atoms. The summed E-state index contributed by atoms with van der Waals surface area (Å²) in [5, 5.41) is 2.59. The number of amides is 1. The summed E-state index contributed by atoms with van der Waals surface area (Å²) in [6.07, 6.45) is 3.04. The van der Waals surface area contributed by atoms with Gasteiger partial charge in [-0.3, -0.25) is 4.79 Å². The number of rotatable bonds is 6. The standard InChI is InChI=1S/C11H22N2O/c1-9(2)5-7-11(3,12)8-6-10(14)13-4/h1,5-8,12H2,2-4H3,(H,13,14). The summed E-state index contributed by atoms with van der Waals surface area (Å²) in [5.74, 6) is 0.0528. The molecule has 0 fully saturated rings. The Labute approximate surface area is 86.8 Å². The zero-order valence-corrected chi connectivity index (χ0v) is 9.52. The maximum absolute atomic E-state index is 11.0. The molecule has 0 radical (unpaired) electrons. The lowest BCUT2D eigenvalue weighted by atomic mass is 9.90. The Balaban J connectivity index is 3.82. The minimum atomic E-state index is -0.258. The fourth-order valence-corrected chi connectivity index (χ4v) is 1.15. The van der Waals surface area contributed by atoms with Crippen molar-refractivity contribution in [1.29, 1.82) is 0 Å². The van der Waals surface area contributed by atoms with E-state index in [1.54, 1.807) is 7.05 Å². The van der Waals surface area contributed by atoms with E-state index in [1.165, 1.54) is 0 Å². The molecule has 1 atom stereocenters. The van der Waals surface area contributed by atoms with E-state index in [1.807, 2.05) is 13.8 Å². The van der Waals surface area contributed by atoms with Gasteiger partial charge in [-0.1, -0.05) is 5.57 Å². The zero-order valence-electron chi connectivity index (χ0n) is 9.52. The Morgan fingerprint density at radius 2 is 1.93 bits per heavy atom. The Bertz CT molecular complexity index is 209. The molecule has 0 aliphatic rings. The van der Waals surface area contributed by atoms with Crippen LogP contribution in [0.15, 0.2) is 12.2 Å². The van der Waals surface area contributed by atoms with Gasteiger partial charge in [0.1, 0.15) is 0 Å². The van der Waals surface area contributed by atoms with E-state index in [2.05, 4.69) is 11.9 Å². The summed E-state index contributed by atoms with van der Waals surface area (Å²) in [7, 11) is 1.64. The number of carbonyl (C=O) groups excluding carboxylic acids is 1. The molecule has 3 nitrogen and oxygen atoms in total. The second-order valence-corrected chi connectivity index (χ2v) is 4.28. The average Bonchev–Trinajstić information content (AvgIpc) is 2.11. The number of carbonyl (C=O) groups is 1. The van der Waals surface area contributed by atoms with Crippen LogP contribution >= 0.6 is 0 Å². The molecule has 1 unspecified atom stereocenters. The largest absolute Gasteiger partial charge is 0.359 e. The van der Waals surface area contributed by atoms with Crippen molar-refractivity contribution in [3.05, 3.63) is 12.2 Å². The van der Waals surface area contributed by atoms with Crippen LogP contribution in [0.1, 0.15) is 39.5 Å². The monoisotopic (exact) mass is 198 g/mol. The van der Waals surface area contributed by atoms with Gasteiger partial charge in [-0.05, 0) is 33.1 Å². The van der Waals surface area contributed by atoms with Crippen molar-refractivity contribution in [3.63, 3.8) is 0 Å². The highest BCUT2D eigenvalue weighted by Gasteiger charge is 2.18. The van der Waals surface area contributed by atoms with E-state index in [9.17, 15) is 4.79 Å². The first-order valence-corrected chi connectivity index (χ1v) is 5.01. The van der Waals surface area contributed by atoms with E-state index in [4.69, 9.17) is 5.73 Å². The van der Waals surface area contributed by atoms with E-state index >= 15 is 0 Å². The molecule has 0 aliphatic heterocycles. The quantitative estimate of drug-likeness (QED) is 0.637. The molecule has 0 aromatic carbocycles. The normalized spacial score (nSPS) is 14.6. The fraction of sp³-hybridized carbons (Fsp3) is 0.727. The van der Waals surface area contributed by atoms with E-state index in [-0.39, 0.29) is 11.4 Å². The first-order chi connectivity index (χ1) is 6.37. The zero-order chi connectivity index (χ0) is 11.2. The highest BCUT2D eigenvalue weighted by Crippen LogP contribution is 2.17. The summed E-state index contributed by atoms with van der Waals surface area (Å²) in [4.78, 5) is 11.0. The summed E-state index contributed by atoms with van der Waals surface area (Å²) in [5.41, 5.74) is 6.93. The van der Waals surface area contributed by atoms with Gasteiger partial charge in [-0.15, -0.1) is 6.58 Å². The van der Waals surface area contributed by atoms with Crippen molar-refractivity contribution >= 4 is 5.91 Å². The van der Waals surface area contributed by atoms with Gasteiger partial charge in [-0.2, -0.15) is 0 Å². The second kappa shape index (κ2) is 5.81. The van der Waals surface area contributed by atoms with Crippen LogP contribution in [0.2, 0.25) is 0 Å². The number of nitrogens with one attached hydrogen (secondary N) is 1. The summed E-state index contributed by atoms with van der Waals surface area (Å²) in [6, 6.07) is 0. The van der Waals surface area contributed by atoms with Gasteiger partial charge in [0.25, 0.3) is 0 Å². The van der Waals surface area contributed by atoms with Crippen LogP contribution < -0.4 is 11.1 Å². The van der Waals surface area contributed by atoms with Gasteiger partial charge in [0.15, 0.2) is 0 Å². The predicted octanol–water partition coefficient (Wildman–Crippen LogP) is 1.59. The molecule has 0 saturated heterocycles. The van der Waals surface area contributed by atoms with E-state index in [0.717, 1.165) is 24.8 Å². The first-order valence-electron chi connectivity index (χ1n) is 5.01. The molecule has 0 spiro atoms. The summed E-state index contributed by atoms with van der Waals surface area (Å²) in [6.45, 7) is 7.81. The van der Waals surface area contributed by atoms with Crippen molar-refractivity contribution < 1.29 is 4.79 Å². The Morgan fingerprint density at radius 1 is 1.43 bits per heavy atom. The molecule has 0 rings (SSSR count). The molecule has 3 heteroatoms. The van der Waals surface area contributed by atoms with Crippen LogP contribution in [0.5, 0.6) is 0 Å². The van der Waals surface area contributed by atoms with Crippen LogP contribution in [0.25, 0.3) is 0 Å². The molecule has 0 aromatic rings. The molecule has 0 aromatic heterocycles. The maximum atomic E-state index is 11.0. The maximum Gasteiger partial charge on any atom is 0.219 e. The van der Waals surface area contributed by atoms with Crippen molar-refractivity contribution in [2.24, 2.45) is 5.73 Å². The van der Waals surface area contributed by atoms with Gasteiger partial charge < -0.3 is 11.1 Å². The smallest absolute Gasteiger partial charge is 0.219 e. The molecule has 82 valence electrons. The van der Waals surface area contributed by atoms with Crippen molar-refractivity contribution in [3.8, 4) is 0 Å².